The predicted molar refractivity (Wildman–Crippen MR) is 53.8 cm³/mol. The van der Waals surface area contributed by atoms with Gasteiger partial charge in [-0.15, -0.1) is 23.7 Å². The van der Waals surface area contributed by atoms with E-state index in [0.29, 0.717) is 0 Å². The van der Waals surface area contributed by atoms with Crippen molar-refractivity contribution in [2.75, 3.05) is 0 Å². The lowest BCUT2D eigenvalue weighted by Gasteiger charge is -2.02. The zero-order valence-electron chi connectivity index (χ0n) is 6.21. The monoisotopic (exact) mass is 211 g/mol. The molecule has 1 rings (SSSR count). The molecule has 0 unspecified atom stereocenters. The standard InChI is InChI=1S/C7H10ClNS.ClH/c1-2-5(9)6-3-4-7(8)10-6;/h3-5H,2,9H2,1H3;1H/t5-;/m1./s1. The van der Waals surface area contributed by atoms with E-state index in [4.69, 9.17) is 17.3 Å². The lowest BCUT2D eigenvalue weighted by Crippen LogP contribution is -2.05. The van der Waals surface area contributed by atoms with E-state index in [1.165, 1.54) is 4.88 Å². The van der Waals surface area contributed by atoms with Crippen molar-refractivity contribution >= 4 is 35.3 Å². The Balaban J connectivity index is 0.000001000. The number of hydrogen-bond acceptors (Lipinski definition) is 2. The Morgan fingerprint density at radius 3 is 2.64 bits per heavy atom. The van der Waals surface area contributed by atoms with Gasteiger partial charge in [0.15, 0.2) is 0 Å². The average molecular weight is 212 g/mol. The molecule has 0 aromatic carbocycles. The van der Waals surface area contributed by atoms with Crippen LogP contribution < -0.4 is 5.73 Å². The molecular weight excluding hydrogens is 201 g/mol. The maximum Gasteiger partial charge on any atom is 0.0931 e. The smallest absolute Gasteiger partial charge is 0.0931 e. The molecule has 0 saturated heterocycles. The minimum Gasteiger partial charge on any atom is -0.323 e. The molecule has 2 N–H and O–H groups in total. The first-order valence-electron chi connectivity index (χ1n) is 3.25. The zero-order chi connectivity index (χ0) is 7.56. The second-order valence-corrected chi connectivity index (χ2v) is 3.90. The topological polar surface area (TPSA) is 26.0 Å². The highest BCUT2D eigenvalue weighted by atomic mass is 35.5. The molecule has 0 fully saturated rings. The van der Waals surface area contributed by atoms with E-state index in [9.17, 15) is 0 Å². The van der Waals surface area contributed by atoms with Crippen molar-refractivity contribution in [3.63, 3.8) is 0 Å². The molecule has 0 saturated carbocycles. The quantitative estimate of drug-likeness (QED) is 0.800. The van der Waals surface area contributed by atoms with Crippen molar-refractivity contribution < 1.29 is 0 Å². The third-order valence-corrected chi connectivity index (χ3v) is 2.76. The maximum atomic E-state index is 5.76. The van der Waals surface area contributed by atoms with Crippen molar-refractivity contribution in [2.45, 2.75) is 19.4 Å². The minimum absolute atomic E-state index is 0. The highest BCUT2D eigenvalue weighted by Gasteiger charge is 2.04. The molecule has 0 aliphatic heterocycles. The first-order valence-corrected chi connectivity index (χ1v) is 4.44. The largest absolute Gasteiger partial charge is 0.323 e. The van der Waals surface area contributed by atoms with Crippen LogP contribution in [0.1, 0.15) is 24.3 Å². The molecule has 0 spiro atoms. The summed E-state index contributed by atoms with van der Waals surface area (Å²) in [4.78, 5) is 1.17. The van der Waals surface area contributed by atoms with Crippen LogP contribution in [0.4, 0.5) is 0 Å². The van der Waals surface area contributed by atoms with Crippen LogP contribution in [0.3, 0.4) is 0 Å². The van der Waals surface area contributed by atoms with Crippen LogP contribution in [0, 0.1) is 0 Å². The SMILES string of the molecule is CC[C@@H](N)c1ccc(Cl)s1.Cl. The first kappa shape index (κ1) is 11.2. The highest BCUT2D eigenvalue weighted by Crippen LogP contribution is 2.26. The third kappa shape index (κ3) is 2.99. The predicted octanol–water partition coefficient (Wildman–Crippen LogP) is 3.23. The van der Waals surface area contributed by atoms with Gasteiger partial charge in [-0.05, 0) is 18.6 Å². The molecule has 1 atom stereocenters. The van der Waals surface area contributed by atoms with Gasteiger partial charge >= 0.3 is 0 Å². The van der Waals surface area contributed by atoms with Crippen LogP contribution >= 0.6 is 35.3 Å². The van der Waals surface area contributed by atoms with Gasteiger partial charge in [0.2, 0.25) is 0 Å². The summed E-state index contributed by atoms with van der Waals surface area (Å²) in [5, 5.41) is 0. The van der Waals surface area contributed by atoms with Crippen LogP contribution in [0.5, 0.6) is 0 Å². The van der Waals surface area contributed by atoms with Gasteiger partial charge in [-0.3, -0.25) is 0 Å². The van der Waals surface area contributed by atoms with Gasteiger partial charge in [0.05, 0.1) is 4.34 Å². The number of nitrogens with two attached hydrogens (primary N) is 1. The van der Waals surface area contributed by atoms with Crippen molar-refractivity contribution in [3.8, 4) is 0 Å². The number of halogens is 2. The summed E-state index contributed by atoms with van der Waals surface area (Å²) in [6.07, 6.45) is 0.969. The fourth-order valence-electron chi connectivity index (χ4n) is 0.729. The molecule has 1 aromatic heterocycles. The average Bonchev–Trinajstić information content (AvgIpc) is 2.34. The molecule has 0 amide bonds. The minimum atomic E-state index is 0. The molecule has 1 nitrogen and oxygen atoms in total. The van der Waals surface area contributed by atoms with E-state index in [0.717, 1.165) is 10.8 Å². The van der Waals surface area contributed by atoms with E-state index in [-0.39, 0.29) is 18.4 Å². The summed E-state index contributed by atoms with van der Waals surface area (Å²) >= 11 is 7.29. The third-order valence-electron chi connectivity index (χ3n) is 1.40. The van der Waals surface area contributed by atoms with Crippen LogP contribution in [-0.4, -0.2) is 0 Å². The Kier molecular flexibility index (Phi) is 5.10. The Morgan fingerprint density at radius 1 is 1.64 bits per heavy atom. The molecule has 0 bridgehead atoms. The van der Waals surface area contributed by atoms with E-state index in [1.54, 1.807) is 11.3 Å². The highest BCUT2D eigenvalue weighted by molar-refractivity contribution is 7.16. The summed E-state index contributed by atoms with van der Waals surface area (Å²) in [6.45, 7) is 2.07. The van der Waals surface area contributed by atoms with Crippen molar-refractivity contribution in [2.24, 2.45) is 5.73 Å². The molecule has 64 valence electrons. The van der Waals surface area contributed by atoms with E-state index >= 15 is 0 Å². The molecule has 0 aliphatic carbocycles. The molecule has 1 aromatic rings. The van der Waals surface area contributed by atoms with E-state index in [2.05, 4.69) is 6.92 Å². The van der Waals surface area contributed by atoms with Crippen molar-refractivity contribution in [1.82, 2.24) is 0 Å². The lowest BCUT2D eigenvalue weighted by atomic mass is 10.2. The number of hydrogen-bond donors (Lipinski definition) is 1. The van der Waals surface area contributed by atoms with Crippen LogP contribution in [0.15, 0.2) is 12.1 Å². The van der Waals surface area contributed by atoms with Gasteiger partial charge in [-0.1, -0.05) is 18.5 Å². The molecule has 0 aliphatic rings. The van der Waals surface area contributed by atoms with Crippen LogP contribution in [0.2, 0.25) is 4.34 Å². The normalized spacial score (nSPS) is 12.3. The Labute approximate surface area is 82.0 Å². The molecule has 4 heteroatoms. The van der Waals surface area contributed by atoms with Gasteiger partial charge in [-0.2, -0.15) is 0 Å². The maximum absolute atomic E-state index is 5.76. The fourth-order valence-corrected chi connectivity index (χ4v) is 1.87. The van der Waals surface area contributed by atoms with Gasteiger partial charge in [0.1, 0.15) is 0 Å². The van der Waals surface area contributed by atoms with Crippen LogP contribution in [0.25, 0.3) is 0 Å². The van der Waals surface area contributed by atoms with Gasteiger partial charge in [-0.25, -0.2) is 0 Å². The molecule has 0 radical (unpaired) electrons. The second kappa shape index (κ2) is 4.99. The van der Waals surface area contributed by atoms with Crippen LogP contribution in [-0.2, 0) is 0 Å². The van der Waals surface area contributed by atoms with Gasteiger partial charge < -0.3 is 5.73 Å². The first-order chi connectivity index (χ1) is 4.74. The molecular formula is C7H11Cl2NS. The van der Waals surface area contributed by atoms with Gasteiger partial charge in [0, 0.05) is 10.9 Å². The lowest BCUT2D eigenvalue weighted by molar-refractivity contribution is 0.712. The van der Waals surface area contributed by atoms with Crippen molar-refractivity contribution in [1.29, 1.82) is 0 Å². The summed E-state index contributed by atoms with van der Waals surface area (Å²) in [5.41, 5.74) is 5.76. The Morgan fingerprint density at radius 2 is 2.27 bits per heavy atom. The molecule has 11 heavy (non-hydrogen) atoms. The van der Waals surface area contributed by atoms with Gasteiger partial charge in [0.25, 0.3) is 0 Å². The van der Waals surface area contributed by atoms with E-state index < -0.39 is 0 Å². The Bertz CT molecular complexity index is 212. The second-order valence-electron chi connectivity index (χ2n) is 2.16. The number of rotatable bonds is 2. The summed E-state index contributed by atoms with van der Waals surface area (Å²) < 4.78 is 0.818. The summed E-state index contributed by atoms with van der Waals surface area (Å²) in [6, 6.07) is 4.04. The number of thiophene rings is 1. The molecule has 1 heterocycles. The zero-order valence-corrected chi connectivity index (χ0v) is 8.60. The summed E-state index contributed by atoms with van der Waals surface area (Å²) in [5.74, 6) is 0. The van der Waals surface area contributed by atoms with Crippen molar-refractivity contribution in [3.05, 3.63) is 21.3 Å². The Hall–Kier alpha value is 0.240. The fraction of sp³-hybridized carbons (Fsp3) is 0.429. The summed E-state index contributed by atoms with van der Waals surface area (Å²) in [7, 11) is 0. The van der Waals surface area contributed by atoms with E-state index in [1.807, 2.05) is 12.1 Å².